The molecule has 0 aromatic heterocycles. The summed E-state index contributed by atoms with van der Waals surface area (Å²) in [6, 6.07) is 23.9. The zero-order valence-electron chi connectivity index (χ0n) is 14.5. The molecule has 0 bridgehead atoms. The van der Waals surface area contributed by atoms with Crippen molar-refractivity contribution in [3.05, 3.63) is 95.6 Å². The van der Waals surface area contributed by atoms with E-state index in [0.29, 0.717) is 6.42 Å². The molecule has 134 valence electrons. The van der Waals surface area contributed by atoms with Crippen LogP contribution in [0.2, 0.25) is 0 Å². The highest BCUT2D eigenvalue weighted by Gasteiger charge is 2.26. The van der Waals surface area contributed by atoms with Crippen LogP contribution in [0, 0.1) is 0 Å². The van der Waals surface area contributed by atoms with Crippen LogP contribution in [0.15, 0.2) is 84.0 Å². The Kier molecular flexibility index (Phi) is 4.58. The van der Waals surface area contributed by atoms with Crippen LogP contribution in [0.3, 0.4) is 0 Å². The molecule has 1 aliphatic heterocycles. The van der Waals surface area contributed by atoms with Crippen molar-refractivity contribution < 1.29 is 14.6 Å². The van der Waals surface area contributed by atoms with Gasteiger partial charge in [0.2, 0.25) is 0 Å². The van der Waals surface area contributed by atoms with Gasteiger partial charge in [-0.25, -0.2) is 5.43 Å². The highest BCUT2D eigenvalue weighted by molar-refractivity contribution is 6.05. The lowest BCUT2D eigenvalue weighted by Gasteiger charge is -2.27. The van der Waals surface area contributed by atoms with Gasteiger partial charge in [0.05, 0.1) is 11.3 Å². The fourth-order valence-corrected chi connectivity index (χ4v) is 3.09. The molecule has 1 atom stereocenters. The Morgan fingerprint density at radius 1 is 0.963 bits per heavy atom. The summed E-state index contributed by atoms with van der Waals surface area (Å²) >= 11 is 0. The van der Waals surface area contributed by atoms with E-state index in [1.807, 2.05) is 54.6 Å². The summed E-state index contributed by atoms with van der Waals surface area (Å²) in [5, 5.41) is 14.2. The summed E-state index contributed by atoms with van der Waals surface area (Å²) in [5.74, 6) is 0.193. The van der Waals surface area contributed by atoms with Gasteiger partial charge in [-0.1, -0.05) is 54.6 Å². The molecule has 1 unspecified atom stereocenters. The number of hydrogen-bond acceptors (Lipinski definition) is 4. The highest BCUT2D eigenvalue weighted by Crippen LogP contribution is 2.34. The third-order valence-corrected chi connectivity index (χ3v) is 4.46. The lowest BCUT2D eigenvalue weighted by molar-refractivity contribution is 0.0951. The number of fused-ring (bicyclic) bond motifs is 1. The Bertz CT molecular complexity index is 999. The van der Waals surface area contributed by atoms with Gasteiger partial charge in [0.15, 0.2) is 0 Å². The van der Waals surface area contributed by atoms with E-state index < -0.39 is 5.91 Å². The number of amides is 1. The Morgan fingerprint density at radius 3 is 2.48 bits per heavy atom. The summed E-state index contributed by atoms with van der Waals surface area (Å²) in [6.45, 7) is 0. The van der Waals surface area contributed by atoms with Gasteiger partial charge in [-0.05, 0) is 29.8 Å². The summed E-state index contributed by atoms with van der Waals surface area (Å²) in [4.78, 5) is 12.4. The van der Waals surface area contributed by atoms with E-state index >= 15 is 0 Å². The number of carbonyl (C=O) groups excluding carboxylic acids is 1. The van der Waals surface area contributed by atoms with E-state index in [9.17, 15) is 9.90 Å². The van der Waals surface area contributed by atoms with Crippen molar-refractivity contribution >= 4 is 11.6 Å². The van der Waals surface area contributed by atoms with Crippen molar-refractivity contribution in [2.45, 2.75) is 12.5 Å². The van der Waals surface area contributed by atoms with E-state index in [-0.39, 0.29) is 17.4 Å². The molecule has 3 aromatic rings. The van der Waals surface area contributed by atoms with Gasteiger partial charge >= 0.3 is 0 Å². The normalized spacial score (nSPS) is 17.0. The number of nitrogens with one attached hydrogen (secondary N) is 1. The molecular weight excluding hydrogens is 340 g/mol. The van der Waals surface area contributed by atoms with Gasteiger partial charge in [-0.3, -0.25) is 4.79 Å². The lowest BCUT2D eigenvalue weighted by Crippen LogP contribution is -2.25. The van der Waals surface area contributed by atoms with E-state index in [1.54, 1.807) is 18.2 Å². The molecule has 0 spiro atoms. The molecule has 1 heterocycles. The molecule has 2 N–H and O–H groups in total. The van der Waals surface area contributed by atoms with Crippen LogP contribution in [0.5, 0.6) is 11.5 Å². The number of nitrogens with zero attached hydrogens (tertiary/aromatic N) is 1. The van der Waals surface area contributed by atoms with Gasteiger partial charge in [-0.15, -0.1) is 0 Å². The number of carbonyl (C=O) groups is 1. The molecule has 4 rings (SSSR count). The summed E-state index contributed by atoms with van der Waals surface area (Å²) in [5.41, 5.74) is 5.37. The van der Waals surface area contributed by atoms with Crippen LogP contribution < -0.4 is 10.2 Å². The quantitative estimate of drug-likeness (QED) is 0.694. The van der Waals surface area contributed by atoms with E-state index in [1.165, 1.54) is 6.07 Å². The standard InChI is InChI=1S/C22H18N2O3/c25-19-12-6-4-11-17(19)22(26)24-23-18-14-21(15-8-2-1-3-9-15)27-20-13-7-5-10-16(18)20/h1-13,21,25H,14H2,(H,24,26). The molecule has 0 saturated carbocycles. The van der Waals surface area contributed by atoms with E-state index in [0.717, 1.165) is 22.6 Å². The second-order valence-corrected chi connectivity index (χ2v) is 6.23. The maximum atomic E-state index is 12.4. The number of ether oxygens (including phenoxy) is 1. The fraction of sp³-hybridized carbons (Fsp3) is 0.0909. The maximum Gasteiger partial charge on any atom is 0.275 e. The summed E-state index contributed by atoms with van der Waals surface area (Å²) in [7, 11) is 0. The first-order valence-electron chi connectivity index (χ1n) is 8.68. The SMILES string of the molecule is O=C(NN=C1CC(c2ccccc2)Oc2ccccc21)c1ccccc1O. The third-order valence-electron chi connectivity index (χ3n) is 4.46. The first-order valence-corrected chi connectivity index (χ1v) is 8.68. The van der Waals surface area contributed by atoms with Crippen molar-refractivity contribution in [1.82, 2.24) is 5.43 Å². The van der Waals surface area contributed by atoms with Crippen LogP contribution in [0.4, 0.5) is 0 Å². The number of aromatic hydroxyl groups is 1. The van der Waals surface area contributed by atoms with Gasteiger partial charge in [0, 0.05) is 12.0 Å². The first kappa shape index (κ1) is 16.8. The average Bonchev–Trinajstić information content (AvgIpc) is 2.72. The Labute approximate surface area is 156 Å². The molecule has 0 radical (unpaired) electrons. The van der Waals surface area contributed by atoms with Crippen molar-refractivity contribution in [3.63, 3.8) is 0 Å². The van der Waals surface area contributed by atoms with Crippen LogP contribution >= 0.6 is 0 Å². The van der Waals surface area contributed by atoms with Crippen LogP contribution in [0.25, 0.3) is 0 Å². The fourth-order valence-electron chi connectivity index (χ4n) is 3.09. The number of phenolic OH excluding ortho intramolecular Hbond substituents is 1. The number of hydrogen-bond donors (Lipinski definition) is 2. The zero-order chi connectivity index (χ0) is 18.6. The molecule has 0 fully saturated rings. The minimum Gasteiger partial charge on any atom is -0.507 e. The number of phenols is 1. The second-order valence-electron chi connectivity index (χ2n) is 6.23. The smallest absolute Gasteiger partial charge is 0.275 e. The predicted octanol–water partition coefficient (Wildman–Crippen LogP) is 4.05. The topological polar surface area (TPSA) is 70.9 Å². The Hall–Kier alpha value is -3.60. The second kappa shape index (κ2) is 7.33. The van der Waals surface area contributed by atoms with Gasteiger partial charge in [0.1, 0.15) is 17.6 Å². The molecule has 0 aliphatic carbocycles. The largest absolute Gasteiger partial charge is 0.507 e. The van der Waals surface area contributed by atoms with Crippen molar-refractivity contribution in [2.75, 3.05) is 0 Å². The summed E-state index contributed by atoms with van der Waals surface area (Å²) in [6.07, 6.45) is 0.351. The van der Waals surface area contributed by atoms with Gasteiger partial charge < -0.3 is 9.84 Å². The average molecular weight is 358 g/mol. The molecule has 1 amide bonds. The molecule has 5 nitrogen and oxygen atoms in total. The maximum absolute atomic E-state index is 12.4. The van der Waals surface area contributed by atoms with Crippen molar-refractivity contribution in [2.24, 2.45) is 5.10 Å². The minimum atomic E-state index is -0.458. The van der Waals surface area contributed by atoms with E-state index in [4.69, 9.17) is 4.74 Å². The molecule has 27 heavy (non-hydrogen) atoms. The number of para-hydroxylation sites is 2. The number of hydrazone groups is 1. The van der Waals surface area contributed by atoms with Crippen LogP contribution in [-0.4, -0.2) is 16.7 Å². The number of benzene rings is 3. The van der Waals surface area contributed by atoms with Crippen molar-refractivity contribution in [1.29, 1.82) is 0 Å². The predicted molar refractivity (Wildman–Crippen MR) is 103 cm³/mol. The van der Waals surface area contributed by atoms with Crippen LogP contribution in [-0.2, 0) is 0 Å². The molecule has 0 saturated heterocycles. The molecule has 5 heteroatoms. The van der Waals surface area contributed by atoms with Gasteiger partial charge in [-0.2, -0.15) is 5.10 Å². The first-order chi connectivity index (χ1) is 13.2. The molecular formula is C22H18N2O3. The zero-order valence-corrected chi connectivity index (χ0v) is 14.5. The summed E-state index contributed by atoms with van der Waals surface area (Å²) < 4.78 is 6.13. The Morgan fingerprint density at radius 2 is 1.67 bits per heavy atom. The lowest BCUT2D eigenvalue weighted by atomic mass is 9.96. The third kappa shape index (κ3) is 3.53. The minimum absolute atomic E-state index is 0.0789. The number of rotatable bonds is 3. The van der Waals surface area contributed by atoms with Gasteiger partial charge in [0.25, 0.3) is 5.91 Å². The molecule has 3 aromatic carbocycles. The highest BCUT2D eigenvalue weighted by atomic mass is 16.5. The monoisotopic (exact) mass is 358 g/mol. The Balaban J connectivity index is 1.63. The van der Waals surface area contributed by atoms with E-state index in [2.05, 4.69) is 10.5 Å². The molecule has 1 aliphatic rings. The van der Waals surface area contributed by atoms with Crippen molar-refractivity contribution in [3.8, 4) is 11.5 Å². The van der Waals surface area contributed by atoms with Crippen LogP contribution in [0.1, 0.15) is 34.0 Å².